The maximum Gasteiger partial charge on any atom is 0.442 e. The zero-order chi connectivity index (χ0) is 31.2. The zero-order valence-corrected chi connectivity index (χ0v) is 25.0. The van der Waals surface area contributed by atoms with Crippen molar-refractivity contribution < 1.29 is 36.9 Å². The van der Waals surface area contributed by atoms with Crippen LogP contribution in [0.2, 0.25) is 5.28 Å². The van der Waals surface area contributed by atoms with Gasteiger partial charge in [-0.2, -0.15) is 0 Å². The fraction of sp³-hybridized carbons (Fsp3) is 0.370. The first-order valence-corrected chi connectivity index (χ1v) is 15.0. The number of carbonyl (C=O) groups is 1. The number of nitro groups is 1. The van der Waals surface area contributed by atoms with Gasteiger partial charge in [-0.15, -0.1) is 4.36 Å². The number of nitro benzene ring substituents is 1. The Balaban J connectivity index is 1.73. The molecule has 1 heterocycles. The van der Waals surface area contributed by atoms with Crippen LogP contribution >= 0.6 is 11.6 Å². The molecule has 3 rings (SSSR count). The summed E-state index contributed by atoms with van der Waals surface area (Å²) in [4.78, 5) is 30.4. The number of nitrogens with zero attached hydrogens (tertiary/aromatic N) is 4. The molecule has 0 radical (unpaired) electrons. The number of hydrogen-bond acceptors (Lipinski definition) is 9. The molecule has 0 saturated heterocycles. The van der Waals surface area contributed by atoms with Crippen molar-refractivity contribution in [3.8, 4) is 22.8 Å². The molecule has 3 aromatic rings. The van der Waals surface area contributed by atoms with Crippen LogP contribution in [-0.2, 0) is 20.2 Å². The van der Waals surface area contributed by atoms with E-state index in [9.17, 15) is 27.9 Å². The molecule has 0 saturated carbocycles. The summed E-state index contributed by atoms with van der Waals surface area (Å²) in [6.07, 6.45) is 0.818. The number of amides is 1. The maximum atomic E-state index is 14.3. The maximum absolute atomic E-state index is 14.3. The molecular formula is C27H29ClF2N4O7S. The highest BCUT2D eigenvalue weighted by atomic mass is 35.5. The van der Waals surface area contributed by atoms with Gasteiger partial charge < -0.3 is 14.2 Å². The van der Waals surface area contributed by atoms with Crippen LogP contribution in [0.15, 0.2) is 47.0 Å². The van der Waals surface area contributed by atoms with Crippen molar-refractivity contribution in [2.45, 2.75) is 51.6 Å². The van der Waals surface area contributed by atoms with Gasteiger partial charge in [0.15, 0.2) is 5.82 Å². The van der Waals surface area contributed by atoms with Gasteiger partial charge in [-0.05, 0) is 63.1 Å². The van der Waals surface area contributed by atoms with Gasteiger partial charge in [0.2, 0.25) is 5.28 Å². The number of aromatic nitrogens is 2. The largest absolute Gasteiger partial charge is 0.493 e. The minimum atomic E-state index is -3.15. The number of non-ortho nitro benzene ring substituents is 1. The monoisotopic (exact) mass is 626 g/mol. The summed E-state index contributed by atoms with van der Waals surface area (Å²) < 4.78 is 61.5. The molecule has 1 amide bonds. The van der Waals surface area contributed by atoms with Crippen molar-refractivity contribution in [3.05, 3.63) is 75.2 Å². The van der Waals surface area contributed by atoms with Crippen LogP contribution in [0.25, 0.3) is 11.3 Å². The first-order chi connectivity index (χ1) is 19.5. The normalized spacial score (nSPS) is 13.5. The highest BCUT2D eigenvalue weighted by Crippen LogP contribution is 2.32. The van der Waals surface area contributed by atoms with Crippen LogP contribution in [0.3, 0.4) is 0 Å². The van der Waals surface area contributed by atoms with Gasteiger partial charge in [-0.3, -0.25) is 10.1 Å². The third-order valence-electron chi connectivity index (χ3n) is 5.29. The Bertz CT molecular complexity index is 1610. The molecule has 226 valence electrons. The number of benzene rings is 2. The molecule has 0 fully saturated rings. The second-order valence-corrected chi connectivity index (χ2v) is 13.0. The third kappa shape index (κ3) is 9.87. The minimum absolute atomic E-state index is 0.00259. The summed E-state index contributed by atoms with van der Waals surface area (Å²) in [5, 5.41) is 11.3. The van der Waals surface area contributed by atoms with Gasteiger partial charge >= 0.3 is 6.09 Å². The molecule has 42 heavy (non-hydrogen) atoms. The van der Waals surface area contributed by atoms with E-state index in [0.29, 0.717) is 0 Å². The summed E-state index contributed by atoms with van der Waals surface area (Å²) in [7, 11) is -3.15. The van der Waals surface area contributed by atoms with Crippen molar-refractivity contribution in [1.82, 2.24) is 9.97 Å². The van der Waals surface area contributed by atoms with Gasteiger partial charge in [0, 0.05) is 30.4 Å². The lowest BCUT2D eigenvalue weighted by molar-refractivity contribution is -0.385. The molecule has 0 unspecified atom stereocenters. The van der Waals surface area contributed by atoms with E-state index in [1.807, 2.05) is 0 Å². The molecule has 2 aromatic carbocycles. The molecule has 0 bridgehead atoms. The van der Waals surface area contributed by atoms with Crippen LogP contribution in [0.4, 0.5) is 19.3 Å². The minimum Gasteiger partial charge on any atom is -0.493 e. The Kier molecular flexibility index (Phi) is 10.4. The lowest BCUT2D eigenvalue weighted by Crippen LogP contribution is -2.22. The van der Waals surface area contributed by atoms with Gasteiger partial charge in [0.1, 0.15) is 28.6 Å². The van der Waals surface area contributed by atoms with E-state index in [2.05, 4.69) is 14.3 Å². The summed E-state index contributed by atoms with van der Waals surface area (Å²) in [5.74, 6) is -1.53. The summed E-state index contributed by atoms with van der Waals surface area (Å²) in [6.45, 7) is 6.59. The van der Waals surface area contributed by atoms with Gasteiger partial charge in [0.05, 0.1) is 45.4 Å². The number of carbonyl (C=O) groups excluding carboxylic acids is 1. The van der Waals surface area contributed by atoms with Gasteiger partial charge in [-0.25, -0.2) is 27.8 Å². The summed E-state index contributed by atoms with van der Waals surface area (Å²) in [6, 6.07) is 7.39. The molecule has 1 aromatic heterocycles. The predicted molar refractivity (Wildman–Crippen MR) is 152 cm³/mol. The van der Waals surface area contributed by atoms with Crippen molar-refractivity contribution in [1.29, 1.82) is 0 Å². The van der Waals surface area contributed by atoms with Crippen molar-refractivity contribution in [2.24, 2.45) is 4.36 Å². The molecule has 0 N–H and O–H groups in total. The summed E-state index contributed by atoms with van der Waals surface area (Å²) in [5.41, 5.74) is -0.886. The Morgan fingerprint density at radius 1 is 1.21 bits per heavy atom. The fourth-order valence-corrected chi connectivity index (χ4v) is 4.99. The number of ether oxygens (including phenoxy) is 3. The van der Waals surface area contributed by atoms with E-state index < -0.39 is 44.1 Å². The van der Waals surface area contributed by atoms with Crippen molar-refractivity contribution in [2.75, 3.05) is 12.9 Å². The standard InChI is InChI=1S/C27H29ClF2N4O7S/c1-16(8-9-39-23-12-18(29)6-7-21(23)24-22(30)14-31-25(28)32-24)40-20-11-17(10-19(13-20)34(36)37)15-42(5,38)33-26(35)41-27(2,3)4/h6-7,10-14,16H,8-9,15H2,1-5H3/t16-,42-/m0/s1. The van der Waals surface area contributed by atoms with E-state index in [0.717, 1.165) is 18.3 Å². The summed E-state index contributed by atoms with van der Waals surface area (Å²) >= 11 is 5.79. The number of rotatable bonds is 10. The Labute approximate surface area is 246 Å². The van der Waals surface area contributed by atoms with Crippen LogP contribution in [0.1, 0.15) is 39.7 Å². The lowest BCUT2D eigenvalue weighted by atomic mass is 10.1. The van der Waals surface area contributed by atoms with Crippen molar-refractivity contribution >= 4 is 33.1 Å². The lowest BCUT2D eigenvalue weighted by Gasteiger charge is -2.18. The third-order valence-corrected chi connectivity index (χ3v) is 6.88. The number of hydrogen-bond donors (Lipinski definition) is 0. The van der Waals surface area contributed by atoms with E-state index >= 15 is 0 Å². The first kappa shape index (κ1) is 32.6. The SMILES string of the molecule is C[C@@H](CCOc1cc(F)ccc1-c1nc(Cl)ncc1F)Oc1cc(C[S@](C)(=O)=NC(=O)OC(C)(C)C)cc([N+](=O)[O-])c1. The van der Waals surface area contributed by atoms with E-state index in [1.165, 1.54) is 30.5 Å². The molecule has 0 aliphatic rings. The smallest absolute Gasteiger partial charge is 0.442 e. The molecule has 11 nitrogen and oxygen atoms in total. The van der Waals surface area contributed by atoms with E-state index in [-0.39, 0.29) is 58.1 Å². The van der Waals surface area contributed by atoms with Crippen LogP contribution in [0.5, 0.6) is 11.5 Å². The average Bonchev–Trinajstić information content (AvgIpc) is 2.83. The van der Waals surface area contributed by atoms with Gasteiger partial charge in [0.25, 0.3) is 5.69 Å². The number of halogens is 3. The Morgan fingerprint density at radius 3 is 2.60 bits per heavy atom. The van der Waals surface area contributed by atoms with Crippen molar-refractivity contribution in [3.63, 3.8) is 0 Å². The van der Waals surface area contributed by atoms with Gasteiger partial charge in [-0.1, -0.05) is 0 Å². The molecule has 2 atom stereocenters. The fourth-order valence-electron chi connectivity index (χ4n) is 3.65. The second-order valence-electron chi connectivity index (χ2n) is 10.3. The molecule has 15 heteroatoms. The quantitative estimate of drug-likeness (QED) is 0.135. The van der Waals surface area contributed by atoms with Crippen LogP contribution in [0, 0.1) is 21.7 Å². The zero-order valence-electron chi connectivity index (χ0n) is 23.4. The average molecular weight is 627 g/mol. The molecule has 0 spiro atoms. The van der Waals surface area contributed by atoms with E-state index in [4.69, 9.17) is 25.8 Å². The van der Waals surface area contributed by atoms with Crippen LogP contribution in [-0.4, -0.2) is 49.8 Å². The highest BCUT2D eigenvalue weighted by Gasteiger charge is 2.20. The topological polar surface area (TPSA) is 143 Å². The second kappa shape index (κ2) is 13.4. The molecule has 0 aliphatic heterocycles. The van der Waals surface area contributed by atoms with Crippen LogP contribution < -0.4 is 9.47 Å². The highest BCUT2D eigenvalue weighted by molar-refractivity contribution is 7.92. The van der Waals surface area contributed by atoms with E-state index in [1.54, 1.807) is 27.7 Å². The Hall–Kier alpha value is -3.91. The Morgan fingerprint density at radius 2 is 1.93 bits per heavy atom. The predicted octanol–water partition coefficient (Wildman–Crippen LogP) is 6.75. The molecular weight excluding hydrogens is 598 g/mol. The molecule has 0 aliphatic carbocycles. The first-order valence-electron chi connectivity index (χ1n) is 12.5.